The third-order valence-corrected chi connectivity index (χ3v) is 3.66. The van der Waals surface area contributed by atoms with Gasteiger partial charge in [-0.3, -0.25) is 4.99 Å². The second-order valence-corrected chi connectivity index (χ2v) is 7.53. The number of ether oxygens (including phenoxy) is 2. The van der Waals surface area contributed by atoms with Gasteiger partial charge in [-0.05, 0) is 39.5 Å². The number of nitrogens with zero attached hydrogens (tertiary/aromatic N) is 2. The molecule has 156 valence electrons. The molecule has 0 spiro atoms. The Balaban J connectivity index is 0. The summed E-state index contributed by atoms with van der Waals surface area (Å²) in [4.78, 5) is 18.4. The van der Waals surface area contributed by atoms with Crippen LogP contribution >= 0.6 is 24.0 Å². The Morgan fingerprint density at radius 3 is 2.35 bits per heavy atom. The van der Waals surface area contributed by atoms with Crippen LogP contribution in [0.5, 0.6) is 0 Å². The smallest absolute Gasteiger partial charge is 0.407 e. The molecule has 0 aromatic rings. The number of nitrogens with one attached hydrogen (secondary N) is 2. The van der Waals surface area contributed by atoms with Gasteiger partial charge in [0, 0.05) is 46.9 Å². The number of aliphatic imine (C=N–C) groups is 1. The van der Waals surface area contributed by atoms with Crippen LogP contribution in [0.15, 0.2) is 4.99 Å². The van der Waals surface area contributed by atoms with E-state index in [1.165, 1.54) is 0 Å². The molecule has 0 aliphatic carbocycles. The molecule has 0 aromatic carbocycles. The highest BCUT2D eigenvalue weighted by Gasteiger charge is 2.22. The third-order valence-electron chi connectivity index (χ3n) is 3.66. The van der Waals surface area contributed by atoms with Crippen LogP contribution in [-0.4, -0.2) is 69.5 Å². The van der Waals surface area contributed by atoms with Crippen molar-refractivity contribution >= 4 is 36.0 Å². The molecule has 0 rings (SSSR count). The molecule has 0 aromatic heterocycles. The second-order valence-electron chi connectivity index (χ2n) is 7.53. The number of guanidine groups is 1. The van der Waals surface area contributed by atoms with Crippen molar-refractivity contribution in [3.8, 4) is 0 Å². The maximum Gasteiger partial charge on any atom is 0.407 e. The molecule has 26 heavy (non-hydrogen) atoms. The summed E-state index contributed by atoms with van der Waals surface area (Å²) in [5, 5.41) is 6.29. The van der Waals surface area contributed by atoms with Gasteiger partial charge in [0.2, 0.25) is 0 Å². The minimum atomic E-state index is -0.490. The van der Waals surface area contributed by atoms with E-state index in [1.807, 2.05) is 27.8 Å². The first-order valence-corrected chi connectivity index (χ1v) is 9.01. The van der Waals surface area contributed by atoms with Crippen LogP contribution in [0.4, 0.5) is 4.79 Å². The fourth-order valence-corrected chi connectivity index (χ4v) is 2.27. The van der Waals surface area contributed by atoms with Crippen molar-refractivity contribution in [1.82, 2.24) is 15.5 Å². The normalized spacial score (nSPS) is 13.0. The summed E-state index contributed by atoms with van der Waals surface area (Å²) >= 11 is 0. The fraction of sp³-hybridized carbons (Fsp3) is 0.889. The number of carbonyl (C=O) groups is 1. The number of halogens is 1. The maximum absolute atomic E-state index is 12.0. The summed E-state index contributed by atoms with van der Waals surface area (Å²) in [6.45, 7) is 12.1. The first-order valence-electron chi connectivity index (χ1n) is 9.01. The lowest BCUT2D eigenvalue weighted by Crippen LogP contribution is -2.45. The zero-order valence-corrected chi connectivity index (χ0v) is 20.0. The van der Waals surface area contributed by atoms with Gasteiger partial charge in [-0.15, -0.1) is 24.0 Å². The van der Waals surface area contributed by atoms with E-state index in [1.54, 1.807) is 14.2 Å². The summed E-state index contributed by atoms with van der Waals surface area (Å²) in [7, 11) is 5.47. The van der Waals surface area contributed by atoms with Crippen molar-refractivity contribution in [3.63, 3.8) is 0 Å². The zero-order valence-electron chi connectivity index (χ0n) is 17.7. The van der Waals surface area contributed by atoms with Gasteiger partial charge in [0.05, 0.1) is 0 Å². The average molecular weight is 486 g/mol. The minimum Gasteiger partial charge on any atom is -0.444 e. The van der Waals surface area contributed by atoms with Crippen LogP contribution < -0.4 is 10.6 Å². The number of rotatable bonds is 9. The summed E-state index contributed by atoms with van der Waals surface area (Å²) < 4.78 is 10.4. The number of hydrogen-bond donors (Lipinski definition) is 2. The highest BCUT2D eigenvalue weighted by Crippen LogP contribution is 2.11. The summed E-state index contributed by atoms with van der Waals surface area (Å²) in [6.07, 6.45) is 1.38. The number of carbonyl (C=O) groups excluding carboxylic acids is 1. The largest absolute Gasteiger partial charge is 0.444 e. The van der Waals surface area contributed by atoms with E-state index < -0.39 is 5.60 Å². The maximum atomic E-state index is 12.0. The van der Waals surface area contributed by atoms with Gasteiger partial charge in [0.1, 0.15) is 5.60 Å². The lowest BCUT2D eigenvalue weighted by molar-refractivity contribution is 0.0486. The minimum absolute atomic E-state index is 0. The molecule has 0 fully saturated rings. The number of hydrogen-bond acceptors (Lipinski definition) is 4. The monoisotopic (exact) mass is 486 g/mol. The van der Waals surface area contributed by atoms with Gasteiger partial charge in [-0.2, -0.15) is 0 Å². The quantitative estimate of drug-likeness (QED) is 0.227. The van der Waals surface area contributed by atoms with Crippen LogP contribution in [0.3, 0.4) is 0 Å². The van der Waals surface area contributed by atoms with E-state index >= 15 is 0 Å². The van der Waals surface area contributed by atoms with Crippen molar-refractivity contribution in [1.29, 1.82) is 0 Å². The number of alkyl carbamates (subject to hydrolysis) is 1. The van der Waals surface area contributed by atoms with Crippen LogP contribution in [0.1, 0.15) is 47.5 Å². The SMILES string of the molecule is CN=C(NCCCOC)N(C)CCC(NC(=O)OC(C)(C)C)C(C)C.I. The van der Waals surface area contributed by atoms with Gasteiger partial charge < -0.3 is 25.0 Å². The second kappa shape index (κ2) is 14.3. The summed E-state index contributed by atoms with van der Waals surface area (Å²) in [5.74, 6) is 1.16. The zero-order chi connectivity index (χ0) is 19.5. The Bertz CT molecular complexity index is 412. The molecule has 8 heteroatoms. The highest BCUT2D eigenvalue weighted by molar-refractivity contribution is 14.0. The van der Waals surface area contributed by atoms with E-state index in [2.05, 4.69) is 34.4 Å². The van der Waals surface area contributed by atoms with E-state index in [0.29, 0.717) is 5.92 Å². The van der Waals surface area contributed by atoms with Gasteiger partial charge in [0.15, 0.2) is 5.96 Å². The molecule has 0 radical (unpaired) electrons. The molecule has 7 nitrogen and oxygen atoms in total. The highest BCUT2D eigenvalue weighted by atomic mass is 127. The molecular weight excluding hydrogens is 447 g/mol. The Morgan fingerprint density at radius 2 is 1.88 bits per heavy atom. The molecule has 1 atom stereocenters. The van der Waals surface area contributed by atoms with Crippen molar-refractivity contribution in [2.24, 2.45) is 10.9 Å². The lowest BCUT2D eigenvalue weighted by atomic mass is 10.0. The topological polar surface area (TPSA) is 75.2 Å². The molecule has 0 bridgehead atoms. The van der Waals surface area contributed by atoms with Crippen LogP contribution in [0, 0.1) is 5.92 Å². The van der Waals surface area contributed by atoms with E-state index in [9.17, 15) is 4.79 Å². The third kappa shape index (κ3) is 13.4. The average Bonchev–Trinajstić information content (AvgIpc) is 2.49. The van der Waals surface area contributed by atoms with Crippen molar-refractivity contribution in [2.45, 2.75) is 59.1 Å². The van der Waals surface area contributed by atoms with Gasteiger partial charge in [-0.25, -0.2) is 4.79 Å². The molecule has 0 saturated heterocycles. The molecule has 0 aliphatic heterocycles. The first kappa shape index (κ1) is 27.4. The molecule has 1 amide bonds. The molecule has 2 N–H and O–H groups in total. The standard InChI is InChI=1S/C18H38N4O3.HI/c1-14(2)15(21-17(23)25-18(3,4)5)10-12-22(7)16(19-6)20-11-9-13-24-8;/h14-15H,9-13H2,1-8H3,(H,19,20)(H,21,23);1H. The van der Waals surface area contributed by atoms with E-state index in [4.69, 9.17) is 9.47 Å². The van der Waals surface area contributed by atoms with Crippen molar-refractivity contribution in [2.75, 3.05) is 40.9 Å². The Kier molecular flexibility index (Phi) is 15.1. The molecule has 0 heterocycles. The van der Waals surface area contributed by atoms with E-state index in [-0.39, 0.29) is 36.1 Å². The van der Waals surface area contributed by atoms with Gasteiger partial charge in [0.25, 0.3) is 0 Å². The Labute approximate surface area is 176 Å². The molecule has 0 aliphatic rings. The van der Waals surface area contributed by atoms with Crippen LogP contribution in [0.2, 0.25) is 0 Å². The fourth-order valence-electron chi connectivity index (χ4n) is 2.27. The number of methoxy groups -OCH3 is 1. The molecule has 0 saturated carbocycles. The Morgan fingerprint density at radius 1 is 1.27 bits per heavy atom. The van der Waals surface area contributed by atoms with Crippen molar-refractivity contribution in [3.05, 3.63) is 0 Å². The van der Waals surface area contributed by atoms with Gasteiger partial charge in [-0.1, -0.05) is 13.8 Å². The number of amides is 1. The van der Waals surface area contributed by atoms with Gasteiger partial charge >= 0.3 is 6.09 Å². The summed E-state index contributed by atoms with van der Waals surface area (Å²) in [5.41, 5.74) is -0.490. The van der Waals surface area contributed by atoms with E-state index in [0.717, 1.165) is 38.5 Å². The Hall–Kier alpha value is -0.770. The lowest BCUT2D eigenvalue weighted by Gasteiger charge is -2.28. The first-order chi connectivity index (χ1) is 11.6. The molecular formula is C18H39IN4O3. The summed E-state index contributed by atoms with van der Waals surface area (Å²) in [6, 6.07) is 0.0453. The van der Waals surface area contributed by atoms with Crippen LogP contribution in [-0.2, 0) is 9.47 Å². The predicted molar refractivity (Wildman–Crippen MR) is 119 cm³/mol. The van der Waals surface area contributed by atoms with Crippen molar-refractivity contribution < 1.29 is 14.3 Å². The van der Waals surface area contributed by atoms with Crippen LogP contribution in [0.25, 0.3) is 0 Å². The predicted octanol–water partition coefficient (Wildman–Crippen LogP) is 3.09. The molecule has 1 unspecified atom stereocenters.